The zero-order chi connectivity index (χ0) is 53.8. The van der Waals surface area contributed by atoms with Crippen molar-refractivity contribution < 1.29 is 48.5 Å². The lowest BCUT2D eigenvalue weighted by atomic mass is 9.49. The van der Waals surface area contributed by atoms with Crippen LogP contribution in [0.25, 0.3) is 0 Å². The molecule has 0 saturated heterocycles. The predicted octanol–water partition coefficient (Wildman–Crippen LogP) is 5.84. The molecule has 9 atom stereocenters. The molecule has 4 aliphatic rings. The first-order valence-electron chi connectivity index (χ1n) is 26.2. The molecule has 2 fully saturated rings. The maximum atomic E-state index is 14.7. The number of anilines is 2. The van der Waals surface area contributed by atoms with Crippen LogP contribution in [-0.4, -0.2) is 83.2 Å². The Morgan fingerprint density at radius 2 is 1.24 bits per heavy atom. The van der Waals surface area contributed by atoms with Crippen LogP contribution in [0.5, 0.6) is 5.75 Å². The number of aromatic hydroxyl groups is 1. The standard InChI is InChI=1S/C56H76N8O10/c1-32(2)45(57)48(69)62-41(10-7-27-59-51(58)72)46(67)60-36-17-11-33(12-18-36)31-74-52(73)63-42(30-65)47(68)61-37-19-13-34-15-21-43-53(3,39(34)28-37)23-8-25-55(43,5)49(70)64-50(71)56(6)26-9-24-54(4)40-29-38(66)20-14-35(40)16-22-44(54)56/h11-14,17-20,28-29,32,41-45,65-66H,7-10,15-16,21-27,30-31,57H2,1-6H3,(H,60,67)(H,61,68)(H,62,69)(H,63,73)(H3,58,59,72)(H,64,70,71)/t41-,42-,43+,44+,45-,53+,54+,55-,56-/m0/s1. The first-order valence-corrected chi connectivity index (χ1v) is 26.2. The second-order valence-corrected chi connectivity index (χ2v) is 22.5. The molecule has 0 aliphatic heterocycles. The van der Waals surface area contributed by atoms with Gasteiger partial charge in [-0.3, -0.25) is 29.3 Å². The molecular formula is C56H76N8O10. The van der Waals surface area contributed by atoms with Crippen molar-refractivity contribution in [3.8, 4) is 5.75 Å². The Labute approximate surface area is 433 Å². The lowest BCUT2D eigenvalue weighted by molar-refractivity contribution is -0.150. The zero-order valence-electron chi connectivity index (χ0n) is 43.7. The Morgan fingerprint density at radius 3 is 1.81 bits per heavy atom. The minimum atomic E-state index is -1.35. The number of hydrogen-bond donors (Lipinski definition) is 10. The first-order chi connectivity index (χ1) is 35.0. The summed E-state index contributed by atoms with van der Waals surface area (Å²) < 4.78 is 5.38. The highest BCUT2D eigenvalue weighted by atomic mass is 16.5. The molecule has 0 unspecified atom stereocenters. The van der Waals surface area contributed by atoms with E-state index < -0.39 is 70.8 Å². The summed E-state index contributed by atoms with van der Waals surface area (Å²) in [7, 11) is 0. The van der Waals surface area contributed by atoms with E-state index in [1.165, 1.54) is 5.56 Å². The van der Waals surface area contributed by atoms with Crippen molar-refractivity contribution in [2.24, 2.45) is 40.1 Å². The number of ether oxygens (including phenoxy) is 1. The number of aliphatic hydroxyl groups excluding tert-OH is 1. The second-order valence-electron chi connectivity index (χ2n) is 22.5. The van der Waals surface area contributed by atoms with Crippen molar-refractivity contribution in [3.63, 3.8) is 0 Å². The third-order valence-corrected chi connectivity index (χ3v) is 17.2. The van der Waals surface area contributed by atoms with Crippen LogP contribution >= 0.6 is 0 Å². The summed E-state index contributed by atoms with van der Waals surface area (Å²) in [6, 6.07) is 13.9. The minimum Gasteiger partial charge on any atom is -0.508 e. The van der Waals surface area contributed by atoms with E-state index in [1.807, 2.05) is 38.1 Å². The molecule has 4 aliphatic carbocycles. The number of rotatable bonds is 17. The molecule has 3 aromatic rings. The van der Waals surface area contributed by atoms with Gasteiger partial charge in [0.2, 0.25) is 29.5 Å². The van der Waals surface area contributed by atoms with Gasteiger partial charge in [0.25, 0.3) is 0 Å². The molecule has 0 aromatic heterocycles. The molecule has 8 amide bonds. The highest BCUT2D eigenvalue weighted by Crippen LogP contribution is 2.60. The normalized spacial score (nSPS) is 26.0. The highest BCUT2D eigenvalue weighted by Gasteiger charge is 2.58. The molecular weight excluding hydrogens is 945 g/mol. The maximum absolute atomic E-state index is 14.7. The van der Waals surface area contributed by atoms with Gasteiger partial charge in [-0.2, -0.15) is 0 Å². The lowest BCUT2D eigenvalue weighted by Gasteiger charge is -2.56. The number of carbonyl (C=O) groups excluding carboxylic acids is 7. The van der Waals surface area contributed by atoms with Crippen LogP contribution in [0.2, 0.25) is 0 Å². The average Bonchev–Trinajstić information content (AvgIpc) is 3.35. The van der Waals surface area contributed by atoms with Crippen molar-refractivity contribution in [1.82, 2.24) is 21.3 Å². The fraction of sp³-hybridized carbons (Fsp3) is 0.554. The van der Waals surface area contributed by atoms with Crippen LogP contribution in [0.1, 0.15) is 134 Å². The number of aliphatic hydroxyl groups is 1. The Bertz CT molecular complexity index is 2630. The molecule has 3 aromatic carbocycles. The second kappa shape index (κ2) is 22.5. The summed E-state index contributed by atoms with van der Waals surface area (Å²) in [6.07, 6.45) is 7.31. The summed E-state index contributed by atoms with van der Waals surface area (Å²) in [5.74, 6) is -2.17. The number of urea groups is 1. The largest absolute Gasteiger partial charge is 0.508 e. The van der Waals surface area contributed by atoms with Crippen molar-refractivity contribution in [2.75, 3.05) is 23.8 Å². The lowest BCUT2D eigenvalue weighted by Crippen LogP contribution is -2.60. The number of fused-ring (bicyclic) bond motifs is 6. The fourth-order valence-corrected chi connectivity index (χ4v) is 12.9. The van der Waals surface area contributed by atoms with E-state index in [2.05, 4.69) is 45.7 Å². The van der Waals surface area contributed by atoms with E-state index in [-0.39, 0.29) is 60.3 Å². The maximum Gasteiger partial charge on any atom is 0.408 e. The van der Waals surface area contributed by atoms with Gasteiger partial charge < -0.3 is 53.0 Å². The molecule has 0 radical (unpaired) electrons. The smallest absolute Gasteiger partial charge is 0.408 e. The number of phenolic OH excluding ortho intramolecular Hbond substituents is 1. The zero-order valence-corrected chi connectivity index (χ0v) is 43.7. The Balaban J connectivity index is 0.941. The number of nitrogens with one attached hydrogen (secondary N) is 6. The molecule has 0 heterocycles. The van der Waals surface area contributed by atoms with Gasteiger partial charge in [0.15, 0.2) is 0 Å². The first kappa shape index (κ1) is 55.2. The van der Waals surface area contributed by atoms with Gasteiger partial charge in [-0.1, -0.05) is 78.6 Å². The number of amides is 8. The van der Waals surface area contributed by atoms with Gasteiger partial charge in [-0.05, 0) is 157 Å². The van der Waals surface area contributed by atoms with Crippen molar-refractivity contribution in [2.45, 2.75) is 154 Å². The van der Waals surface area contributed by atoms with E-state index in [4.69, 9.17) is 16.2 Å². The minimum absolute atomic E-state index is 0.00165. The van der Waals surface area contributed by atoms with E-state index >= 15 is 0 Å². The predicted molar refractivity (Wildman–Crippen MR) is 279 cm³/mol. The number of nitrogens with two attached hydrogens (primary N) is 2. The van der Waals surface area contributed by atoms with Crippen LogP contribution < -0.4 is 43.4 Å². The van der Waals surface area contributed by atoms with E-state index in [9.17, 15) is 43.8 Å². The van der Waals surface area contributed by atoms with Gasteiger partial charge in [0.1, 0.15) is 24.4 Å². The summed E-state index contributed by atoms with van der Waals surface area (Å²) in [6.45, 7) is 11.3. The van der Waals surface area contributed by atoms with Gasteiger partial charge >= 0.3 is 12.1 Å². The molecule has 7 rings (SSSR count). The number of imide groups is 1. The van der Waals surface area contributed by atoms with Crippen molar-refractivity contribution >= 4 is 53.0 Å². The van der Waals surface area contributed by atoms with Crippen molar-refractivity contribution in [3.05, 3.63) is 88.5 Å². The van der Waals surface area contributed by atoms with Gasteiger partial charge in [-0.15, -0.1) is 0 Å². The Hall–Kier alpha value is -6.53. The van der Waals surface area contributed by atoms with E-state index in [0.29, 0.717) is 42.6 Å². The van der Waals surface area contributed by atoms with Crippen LogP contribution in [0.3, 0.4) is 0 Å². The highest BCUT2D eigenvalue weighted by molar-refractivity contribution is 6.01. The quantitative estimate of drug-likeness (QED) is 0.0566. The van der Waals surface area contributed by atoms with E-state index in [1.54, 1.807) is 50.2 Å². The van der Waals surface area contributed by atoms with Crippen LogP contribution in [0.15, 0.2) is 60.7 Å². The number of hydrogen-bond acceptors (Lipinski definition) is 11. The van der Waals surface area contributed by atoms with Crippen LogP contribution in [0.4, 0.5) is 21.0 Å². The van der Waals surface area contributed by atoms with Crippen molar-refractivity contribution in [1.29, 1.82) is 0 Å². The fourth-order valence-electron chi connectivity index (χ4n) is 12.9. The Morgan fingerprint density at radius 1 is 0.703 bits per heavy atom. The molecule has 0 spiro atoms. The molecule has 2 saturated carbocycles. The van der Waals surface area contributed by atoms with Gasteiger partial charge in [0, 0.05) is 17.9 Å². The summed E-state index contributed by atoms with van der Waals surface area (Å²) in [5.41, 5.74) is 14.6. The molecule has 0 bridgehead atoms. The van der Waals surface area contributed by atoms with Gasteiger partial charge in [0.05, 0.1) is 23.5 Å². The number of primary amides is 1. The molecule has 18 heteroatoms. The summed E-state index contributed by atoms with van der Waals surface area (Å²) >= 11 is 0. The third kappa shape index (κ3) is 11.6. The van der Waals surface area contributed by atoms with E-state index in [0.717, 1.165) is 61.6 Å². The summed E-state index contributed by atoms with van der Waals surface area (Å²) in [4.78, 5) is 92.9. The van der Waals surface area contributed by atoms with Crippen LogP contribution in [-0.2, 0) is 59.0 Å². The SMILES string of the molecule is CC(C)[C@H](N)C(=O)N[C@@H](CCCNC(N)=O)C(=O)Nc1ccc(COC(=O)N[C@@H](CO)C(=O)Nc2ccc3c(c2)[C@@]2(C)CCC[C@](C)(C(=O)NC(=O)[C@@]4(C)CCC[C@]5(C)c6cc(O)ccc6CC[C@@H]45)[C@@H]2CC3)cc1. The molecule has 74 heavy (non-hydrogen) atoms. The molecule has 12 N–H and O–H groups in total. The third-order valence-electron chi connectivity index (χ3n) is 17.2. The topological polar surface area (TPSA) is 293 Å². The summed E-state index contributed by atoms with van der Waals surface area (Å²) in [5, 5.41) is 36.9. The number of phenols is 1. The number of aryl methyl sites for hydroxylation is 2. The molecule has 400 valence electrons. The number of carbonyl (C=O) groups is 7. The van der Waals surface area contributed by atoms with Crippen LogP contribution in [0, 0.1) is 28.6 Å². The number of alkyl carbamates (subject to hydrolysis) is 1. The van der Waals surface area contributed by atoms with Gasteiger partial charge in [-0.25, -0.2) is 9.59 Å². The monoisotopic (exact) mass is 1020 g/mol. The Kier molecular flexibility index (Phi) is 16.8. The number of benzene rings is 3. The average molecular weight is 1020 g/mol. The molecule has 18 nitrogen and oxygen atoms in total.